The molecule has 0 N–H and O–H groups in total. The van der Waals surface area contributed by atoms with Gasteiger partial charge in [0.15, 0.2) is 0 Å². The molecule has 114 valence electrons. The topological polar surface area (TPSA) is 16.1 Å². The largest absolute Gasteiger partial charge is 0.315 e. The van der Waals surface area contributed by atoms with Gasteiger partial charge in [0.2, 0.25) is 0 Å². The Balaban J connectivity index is 1.91. The number of hydrogen-bond donors (Lipinski definition) is 0. The van der Waals surface area contributed by atoms with E-state index in [0.717, 1.165) is 17.0 Å². The summed E-state index contributed by atoms with van der Waals surface area (Å²) < 4.78 is 42.0. The molecule has 0 bridgehead atoms. The highest BCUT2D eigenvalue weighted by molar-refractivity contribution is 5.84. The van der Waals surface area contributed by atoms with E-state index in [1.165, 1.54) is 23.2 Å². The Labute approximate surface area is 130 Å². The average molecular weight is 312 g/mol. The molecule has 0 atom stereocenters. The maximum Gasteiger partial charge on any atom is 0.298 e. The molecule has 2 nitrogen and oxygen atoms in total. The lowest BCUT2D eigenvalue weighted by molar-refractivity contribution is 0.0470. The van der Waals surface area contributed by atoms with E-state index < -0.39 is 17.3 Å². The molecule has 2 heterocycles. The summed E-state index contributed by atoms with van der Waals surface area (Å²) in [6.07, 6.45) is 3.55. The molecule has 4 rings (SSSR count). The SMILES string of the molecule is Fc1cccc2c1C(F)(F)C=CN2c1cnc2ccccc2c1. The Morgan fingerprint density at radius 1 is 1.00 bits per heavy atom. The number of halogens is 3. The lowest BCUT2D eigenvalue weighted by Gasteiger charge is -2.30. The van der Waals surface area contributed by atoms with Gasteiger partial charge < -0.3 is 4.90 Å². The summed E-state index contributed by atoms with van der Waals surface area (Å²) in [5.74, 6) is -4.25. The van der Waals surface area contributed by atoms with E-state index in [1.807, 2.05) is 30.3 Å². The highest BCUT2D eigenvalue weighted by Gasteiger charge is 2.39. The van der Waals surface area contributed by atoms with Gasteiger partial charge in [0.1, 0.15) is 5.82 Å². The van der Waals surface area contributed by atoms with E-state index in [1.54, 1.807) is 6.20 Å². The Bertz CT molecular complexity index is 934. The molecular formula is C18H11F3N2. The summed E-state index contributed by atoms with van der Waals surface area (Å²) in [7, 11) is 0. The first-order valence-corrected chi connectivity index (χ1v) is 7.06. The van der Waals surface area contributed by atoms with Gasteiger partial charge in [0.05, 0.1) is 28.7 Å². The van der Waals surface area contributed by atoms with Gasteiger partial charge in [-0.15, -0.1) is 0 Å². The third-order valence-corrected chi connectivity index (χ3v) is 3.87. The maximum absolute atomic E-state index is 14.0. The van der Waals surface area contributed by atoms with Gasteiger partial charge in [0.25, 0.3) is 5.92 Å². The molecule has 0 saturated heterocycles. The number of alkyl halides is 2. The number of anilines is 2. The molecule has 1 aromatic heterocycles. The molecule has 5 heteroatoms. The fourth-order valence-electron chi connectivity index (χ4n) is 2.79. The van der Waals surface area contributed by atoms with Crippen molar-refractivity contribution in [2.45, 2.75) is 5.92 Å². The maximum atomic E-state index is 14.0. The van der Waals surface area contributed by atoms with Gasteiger partial charge in [-0.2, -0.15) is 8.78 Å². The van der Waals surface area contributed by atoms with E-state index in [-0.39, 0.29) is 5.69 Å². The van der Waals surface area contributed by atoms with Crippen molar-refractivity contribution in [3.63, 3.8) is 0 Å². The van der Waals surface area contributed by atoms with Crippen LogP contribution in [-0.2, 0) is 5.92 Å². The molecule has 0 spiro atoms. The van der Waals surface area contributed by atoms with Gasteiger partial charge in [0, 0.05) is 17.7 Å². The molecule has 23 heavy (non-hydrogen) atoms. The molecule has 1 aliphatic rings. The zero-order chi connectivity index (χ0) is 16.0. The van der Waals surface area contributed by atoms with Crippen molar-refractivity contribution in [3.05, 3.63) is 78.4 Å². The number of allylic oxidation sites excluding steroid dienone is 1. The molecule has 0 radical (unpaired) electrons. The van der Waals surface area contributed by atoms with Crippen LogP contribution in [0, 0.1) is 5.82 Å². The summed E-state index contributed by atoms with van der Waals surface area (Å²) in [5.41, 5.74) is 0.912. The monoisotopic (exact) mass is 312 g/mol. The van der Waals surface area contributed by atoms with Crippen LogP contribution in [0.25, 0.3) is 10.9 Å². The second kappa shape index (κ2) is 4.84. The predicted octanol–water partition coefficient (Wildman–Crippen LogP) is 5.13. The van der Waals surface area contributed by atoms with E-state index >= 15 is 0 Å². The molecule has 1 aliphatic heterocycles. The molecule has 0 aliphatic carbocycles. The van der Waals surface area contributed by atoms with Gasteiger partial charge >= 0.3 is 0 Å². The highest BCUT2D eigenvalue weighted by atomic mass is 19.3. The van der Waals surface area contributed by atoms with Crippen LogP contribution in [0.15, 0.2) is 67.0 Å². The number of nitrogens with zero attached hydrogens (tertiary/aromatic N) is 2. The zero-order valence-corrected chi connectivity index (χ0v) is 11.9. The number of pyridine rings is 1. The molecule has 0 saturated carbocycles. The van der Waals surface area contributed by atoms with Crippen LogP contribution >= 0.6 is 0 Å². The van der Waals surface area contributed by atoms with Gasteiger partial charge in [-0.25, -0.2) is 4.39 Å². The molecule has 0 fully saturated rings. The predicted molar refractivity (Wildman–Crippen MR) is 83.3 cm³/mol. The lowest BCUT2D eigenvalue weighted by Crippen LogP contribution is -2.24. The fourth-order valence-corrected chi connectivity index (χ4v) is 2.79. The first-order chi connectivity index (χ1) is 11.1. The fraction of sp³-hybridized carbons (Fsp3) is 0.0556. The quantitative estimate of drug-likeness (QED) is 0.619. The minimum atomic E-state index is -3.33. The zero-order valence-electron chi connectivity index (χ0n) is 11.9. The second-order valence-electron chi connectivity index (χ2n) is 5.33. The molecule has 2 aromatic carbocycles. The Morgan fingerprint density at radius 3 is 2.70 bits per heavy atom. The third kappa shape index (κ3) is 2.16. The van der Waals surface area contributed by atoms with E-state index in [0.29, 0.717) is 11.8 Å². The first kappa shape index (κ1) is 13.8. The molecule has 0 unspecified atom stereocenters. The lowest BCUT2D eigenvalue weighted by atomic mass is 10.0. The van der Waals surface area contributed by atoms with Crippen molar-refractivity contribution in [2.75, 3.05) is 4.90 Å². The van der Waals surface area contributed by atoms with Crippen molar-refractivity contribution in [3.8, 4) is 0 Å². The van der Waals surface area contributed by atoms with Crippen LogP contribution in [0.2, 0.25) is 0 Å². The standard InChI is InChI=1S/C18H11F3N2/c19-14-5-3-7-16-17(14)18(20,21)8-9-23(16)13-10-12-4-1-2-6-15(12)22-11-13/h1-11H. The third-order valence-electron chi connectivity index (χ3n) is 3.87. The van der Waals surface area contributed by atoms with Gasteiger partial charge in [-0.05, 0) is 24.3 Å². The van der Waals surface area contributed by atoms with Crippen molar-refractivity contribution in [1.82, 2.24) is 4.98 Å². The first-order valence-electron chi connectivity index (χ1n) is 7.06. The van der Waals surface area contributed by atoms with E-state index in [9.17, 15) is 13.2 Å². The normalized spacial score (nSPS) is 15.7. The number of rotatable bonds is 1. The summed E-state index contributed by atoms with van der Waals surface area (Å²) in [6, 6.07) is 13.3. The van der Waals surface area contributed by atoms with E-state index in [2.05, 4.69) is 4.98 Å². The smallest absolute Gasteiger partial charge is 0.298 e. The van der Waals surface area contributed by atoms with Crippen LogP contribution in [0.3, 0.4) is 0 Å². The Morgan fingerprint density at radius 2 is 1.83 bits per heavy atom. The summed E-state index contributed by atoms with van der Waals surface area (Å²) in [6.45, 7) is 0. The molecule has 3 aromatic rings. The second-order valence-corrected chi connectivity index (χ2v) is 5.33. The molecular weight excluding hydrogens is 301 g/mol. The van der Waals surface area contributed by atoms with Crippen LogP contribution < -0.4 is 4.90 Å². The number of hydrogen-bond acceptors (Lipinski definition) is 2. The van der Waals surface area contributed by atoms with Crippen molar-refractivity contribution in [1.29, 1.82) is 0 Å². The summed E-state index contributed by atoms with van der Waals surface area (Å²) in [4.78, 5) is 5.85. The average Bonchev–Trinajstić information content (AvgIpc) is 2.54. The Hall–Kier alpha value is -2.82. The molecule has 0 amide bonds. The number of fused-ring (bicyclic) bond motifs is 2. The van der Waals surface area contributed by atoms with Crippen LogP contribution in [0.4, 0.5) is 24.5 Å². The van der Waals surface area contributed by atoms with Crippen molar-refractivity contribution >= 4 is 22.3 Å². The minimum absolute atomic E-state index is 0.120. The van der Waals surface area contributed by atoms with Crippen molar-refractivity contribution < 1.29 is 13.2 Å². The van der Waals surface area contributed by atoms with E-state index in [4.69, 9.17) is 0 Å². The van der Waals surface area contributed by atoms with Crippen molar-refractivity contribution in [2.24, 2.45) is 0 Å². The number of benzene rings is 2. The van der Waals surface area contributed by atoms with Crippen LogP contribution in [-0.4, -0.2) is 4.98 Å². The summed E-state index contributed by atoms with van der Waals surface area (Å²) in [5, 5.41) is 0.883. The number of aromatic nitrogens is 1. The number of para-hydroxylation sites is 1. The minimum Gasteiger partial charge on any atom is -0.315 e. The van der Waals surface area contributed by atoms with Crippen LogP contribution in [0.1, 0.15) is 5.56 Å². The highest BCUT2D eigenvalue weighted by Crippen LogP contribution is 2.44. The Kier molecular flexibility index (Phi) is 2.91. The summed E-state index contributed by atoms with van der Waals surface area (Å²) >= 11 is 0. The van der Waals surface area contributed by atoms with Crippen LogP contribution in [0.5, 0.6) is 0 Å². The van der Waals surface area contributed by atoms with Gasteiger partial charge in [-0.1, -0.05) is 24.3 Å². The van der Waals surface area contributed by atoms with Gasteiger partial charge in [-0.3, -0.25) is 4.98 Å².